The number of nitrogens with one attached hydrogen (secondary N) is 1. The molecule has 0 aliphatic heterocycles. The van der Waals surface area contributed by atoms with Gasteiger partial charge in [0.05, 0.1) is 6.04 Å². The highest BCUT2D eigenvalue weighted by Gasteiger charge is 2.32. The number of alkyl halides is 3. The van der Waals surface area contributed by atoms with Gasteiger partial charge in [0.15, 0.2) is 0 Å². The zero-order valence-corrected chi connectivity index (χ0v) is 12.8. The molecule has 1 unspecified atom stereocenters. The number of hydrogen-bond donors (Lipinski definition) is 1. The van der Waals surface area contributed by atoms with E-state index in [1.807, 2.05) is 0 Å². The predicted molar refractivity (Wildman–Crippen MR) is 75.9 cm³/mol. The van der Waals surface area contributed by atoms with E-state index in [-0.39, 0.29) is 5.91 Å². The number of halogens is 3. The van der Waals surface area contributed by atoms with Gasteiger partial charge in [0.1, 0.15) is 0 Å². The highest BCUT2D eigenvalue weighted by atomic mass is 35.6. The molecule has 0 radical (unpaired) electrons. The Balaban J connectivity index is 3.81. The normalized spacial score (nSPS) is 13.5. The van der Waals surface area contributed by atoms with Gasteiger partial charge in [-0.3, -0.25) is 4.79 Å². The Hall–Kier alpha value is 0.340. The largest absolute Gasteiger partial charge is 0.349 e. The third-order valence-electron chi connectivity index (χ3n) is 2.62. The maximum atomic E-state index is 11.0. The van der Waals surface area contributed by atoms with Crippen molar-refractivity contribution in [2.24, 2.45) is 0 Å². The smallest absolute Gasteiger partial charge is 0.217 e. The number of rotatable bonds is 8. The van der Waals surface area contributed by atoms with Gasteiger partial charge in [-0.25, -0.2) is 0 Å². The van der Waals surface area contributed by atoms with Gasteiger partial charge in [0.2, 0.25) is 9.70 Å². The average molecular weight is 303 g/mol. The molecule has 0 bridgehead atoms. The Morgan fingerprint density at radius 2 is 1.65 bits per heavy atom. The van der Waals surface area contributed by atoms with Crippen molar-refractivity contribution < 1.29 is 4.79 Å². The Bertz CT molecular complexity index is 216. The molecule has 0 aliphatic rings. The number of unbranched alkanes of at least 4 members (excludes halogenated alkanes) is 5. The van der Waals surface area contributed by atoms with Crippen LogP contribution < -0.4 is 5.32 Å². The SMILES string of the molecule is CCCCCCCCC(NC(C)=O)C(Cl)(Cl)Cl. The summed E-state index contributed by atoms with van der Waals surface area (Å²) in [5.74, 6) is -0.160. The van der Waals surface area contributed by atoms with E-state index in [0.29, 0.717) is 6.42 Å². The highest BCUT2D eigenvalue weighted by Crippen LogP contribution is 2.32. The van der Waals surface area contributed by atoms with E-state index in [0.717, 1.165) is 12.8 Å². The molecule has 17 heavy (non-hydrogen) atoms. The fourth-order valence-electron chi connectivity index (χ4n) is 1.69. The molecule has 1 atom stereocenters. The third-order valence-corrected chi connectivity index (χ3v) is 3.41. The van der Waals surface area contributed by atoms with Crippen LogP contribution in [0, 0.1) is 0 Å². The minimum absolute atomic E-state index is 0.160. The van der Waals surface area contributed by atoms with Crippen molar-refractivity contribution in [1.82, 2.24) is 5.32 Å². The Kier molecular flexibility index (Phi) is 9.48. The van der Waals surface area contributed by atoms with Gasteiger partial charge in [-0.1, -0.05) is 80.3 Å². The molecule has 0 spiro atoms. The molecule has 2 nitrogen and oxygen atoms in total. The quantitative estimate of drug-likeness (QED) is 0.515. The number of carbonyl (C=O) groups excluding carboxylic acids is 1. The van der Waals surface area contributed by atoms with Gasteiger partial charge in [-0.05, 0) is 6.42 Å². The molecule has 5 heteroatoms. The molecule has 0 aromatic heterocycles. The second-order valence-electron chi connectivity index (χ2n) is 4.35. The minimum atomic E-state index is -1.42. The van der Waals surface area contributed by atoms with E-state index in [9.17, 15) is 4.79 Å². The van der Waals surface area contributed by atoms with E-state index < -0.39 is 9.83 Å². The van der Waals surface area contributed by atoms with E-state index in [1.165, 1.54) is 32.6 Å². The third kappa shape index (κ3) is 9.99. The summed E-state index contributed by atoms with van der Waals surface area (Å²) in [6.07, 6.45) is 7.79. The molecular formula is C12H22Cl3NO. The molecule has 102 valence electrons. The van der Waals surface area contributed by atoms with Crippen LogP contribution in [-0.2, 0) is 4.79 Å². The lowest BCUT2D eigenvalue weighted by molar-refractivity contribution is -0.119. The lowest BCUT2D eigenvalue weighted by atomic mass is 10.1. The first-order valence-electron chi connectivity index (χ1n) is 6.21. The van der Waals surface area contributed by atoms with E-state index in [2.05, 4.69) is 12.2 Å². The van der Waals surface area contributed by atoms with Crippen molar-refractivity contribution in [2.75, 3.05) is 0 Å². The van der Waals surface area contributed by atoms with Crippen molar-refractivity contribution in [1.29, 1.82) is 0 Å². The summed E-state index contributed by atoms with van der Waals surface area (Å²) in [6, 6.07) is -0.392. The van der Waals surface area contributed by atoms with Crippen molar-refractivity contribution in [3.05, 3.63) is 0 Å². The van der Waals surface area contributed by atoms with Gasteiger partial charge in [-0.2, -0.15) is 0 Å². The second-order valence-corrected chi connectivity index (χ2v) is 6.72. The lowest BCUT2D eigenvalue weighted by Crippen LogP contribution is -2.42. The van der Waals surface area contributed by atoms with E-state index >= 15 is 0 Å². The molecular weight excluding hydrogens is 280 g/mol. The summed E-state index contributed by atoms with van der Waals surface area (Å²) in [5.41, 5.74) is 0. The maximum absolute atomic E-state index is 11.0. The first kappa shape index (κ1) is 17.3. The zero-order chi connectivity index (χ0) is 13.3. The molecule has 0 aromatic rings. The first-order valence-corrected chi connectivity index (χ1v) is 7.35. The lowest BCUT2D eigenvalue weighted by Gasteiger charge is -2.24. The molecule has 0 rings (SSSR count). The van der Waals surface area contributed by atoms with Crippen LogP contribution in [0.25, 0.3) is 0 Å². The summed E-state index contributed by atoms with van der Waals surface area (Å²) in [4.78, 5) is 11.0. The standard InChI is InChI=1S/C12H22Cl3NO/c1-3-4-5-6-7-8-9-11(12(13,14)15)16-10(2)17/h11H,3-9H2,1-2H3,(H,16,17). The maximum Gasteiger partial charge on any atom is 0.217 e. The minimum Gasteiger partial charge on any atom is -0.349 e. The van der Waals surface area contributed by atoms with Crippen LogP contribution in [0.1, 0.15) is 58.8 Å². The fraction of sp³-hybridized carbons (Fsp3) is 0.917. The molecule has 0 aromatic carbocycles. The van der Waals surface area contributed by atoms with Crippen molar-refractivity contribution in [3.63, 3.8) is 0 Å². The van der Waals surface area contributed by atoms with Crippen LogP contribution in [0.4, 0.5) is 0 Å². The van der Waals surface area contributed by atoms with Crippen LogP contribution in [0.5, 0.6) is 0 Å². The number of amides is 1. The van der Waals surface area contributed by atoms with Crippen LogP contribution >= 0.6 is 34.8 Å². The predicted octanol–water partition coefficient (Wildman–Crippen LogP) is 4.61. The Labute approximate surface area is 119 Å². The molecule has 0 heterocycles. The highest BCUT2D eigenvalue weighted by molar-refractivity contribution is 6.68. The topological polar surface area (TPSA) is 29.1 Å². The summed E-state index contributed by atoms with van der Waals surface area (Å²) < 4.78 is -1.42. The zero-order valence-electron chi connectivity index (χ0n) is 10.6. The monoisotopic (exact) mass is 301 g/mol. The molecule has 0 fully saturated rings. The molecule has 1 N–H and O–H groups in total. The molecule has 0 saturated carbocycles. The summed E-state index contributed by atoms with van der Waals surface area (Å²) >= 11 is 17.5. The molecule has 1 amide bonds. The van der Waals surface area contributed by atoms with Gasteiger partial charge < -0.3 is 5.32 Å². The summed E-state index contributed by atoms with van der Waals surface area (Å²) in [7, 11) is 0. The Morgan fingerprint density at radius 1 is 1.12 bits per heavy atom. The van der Waals surface area contributed by atoms with E-state index in [1.54, 1.807) is 0 Å². The van der Waals surface area contributed by atoms with Crippen molar-refractivity contribution in [3.8, 4) is 0 Å². The number of carbonyl (C=O) groups is 1. The van der Waals surface area contributed by atoms with Gasteiger partial charge in [0, 0.05) is 6.92 Å². The Morgan fingerprint density at radius 3 is 2.12 bits per heavy atom. The van der Waals surface area contributed by atoms with Crippen LogP contribution in [-0.4, -0.2) is 15.7 Å². The first-order chi connectivity index (χ1) is 7.88. The number of hydrogen-bond acceptors (Lipinski definition) is 1. The second kappa shape index (κ2) is 9.29. The van der Waals surface area contributed by atoms with Crippen LogP contribution in [0.15, 0.2) is 0 Å². The average Bonchev–Trinajstić information content (AvgIpc) is 2.19. The summed E-state index contributed by atoms with van der Waals surface area (Å²) in [6.45, 7) is 3.63. The van der Waals surface area contributed by atoms with Gasteiger partial charge >= 0.3 is 0 Å². The van der Waals surface area contributed by atoms with Crippen molar-refractivity contribution >= 4 is 40.7 Å². The van der Waals surface area contributed by atoms with Gasteiger partial charge in [-0.15, -0.1) is 0 Å². The summed E-state index contributed by atoms with van der Waals surface area (Å²) in [5, 5.41) is 2.69. The fourth-order valence-corrected chi connectivity index (χ4v) is 2.18. The van der Waals surface area contributed by atoms with Crippen molar-refractivity contribution in [2.45, 2.75) is 68.6 Å². The molecule has 0 aliphatic carbocycles. The molecule has 0 saturated heterocycles. The van der Waals surface area contributed by atoms with Crippen LogP contribution in [0.3, 0.4) is 0 Å². The van der Waals surface area contributed by atoms with E-state index in [4.69, 9.17) is 34.8 Å². The van der Waals surface area contributed by atoms with Gasteiger partial charge in [0.25, 0.3) is 0 Å². The van der Waals surface area contributed by atoms with Crippen LogP contribution in [0.2, 0.25) is 0 Å².